The van der Waals surface area contributed by atoms with Crippen molar-refractivity contribution >= 4 is 62.8 Å². The molecule has 0 spiro atoms. The first-order chi connectivity index (χ1) is 13.0. The van der Waals surface area contributed by atoms with E-state index in [1.165, 1.54) is 0 Å². The topological polar surface area (TPSA) is 29.1 Å². The van der Waals surface area contributed by atoms with Gasteiger partial charge < -0.3 is 4.90 Å². The van der Waals surface area contributed by atoms with Gasteiger partial charge in [0.15, 0.2) is 6.20 Å². The molecule has 0 fully saturated rings. The van der Waals surface area contributed by atoms with Crippen LogP contribution in [0.5, 0.6) is 0 Å². The highest BCUT2D eigenvalue weighted by atomic mass is 35.5. The third-order valence-corrected chi connectivity index (χ3v) is 8.09. The predicted octanol–water partition coefficient (Wildman–Crippen LogP) is 3.09. The number of fused-ring (bicyclic) bond motifs is 1. The molecule has 0 atom stereocenters. The van der Waals surface area contributed by atoms with E-state index in [2.05, 4.69) is 34.0 Å². The van der Waals surface area contributed by atoms with Gasteiger partial charge in [-0.1, -0.05) is 34.7 Å². The lowest BCUT2D eigenvalue weighted by molar-refractivity contribution is -0.690. The predicted molar refractivity (Wildman–Crippen MR) is 116 cm³/mol. The van der Waals surface area contributed by atoms with Gasteiger partial charge in [0.25, 0.3) is 10.6 Å². The van der Waals surface area contributed by atoms with Crippen molar-refractivity contribution in [1.29, 1.82) is 0 Å². The average molecular weight is 437 g/mol. The van der Waals surface area contributed by atoms with Gasteiger partial charge in [0.1, 0.15) is 20.8 Å². The normalized spacial score (nSPS) is 16.3. The number of anilines is 1. The number of aryl methyl sites for hydroxylation is 1. The summed E-state index contributed by atoms with van der Waals surface area (Å²) in [6, 6.07) is 5.86. The van der Waals surface area contributed by atoms with Gasteiger partial charge in [-0.2, -0.15) is 4.57 Å². The molecule has 140 valence electrons. The maximum atomic E-state index is 13.1. The largest absolute Gasteiger partial charge is 0.337 e. The Kier molecular flexibility index (Phi) is 5.20. The van der Waals surface area contributed by atoms with E-state index in [-0.39, 0.29) is 5.56 Å². The van der Waals surface area contributed by atoms with E-state index in [0.29, 0.717) is 11.6 Å². The van der Waals surface area contributed by atoms with Gasteiger partial charge in [0.2, 0.25) is 0 Å². The minimum atomic E-state index is 0.0709. The maximum Gasteiger partial charge on any atom is 0.271 e. The van der Waals surface area contributed by atoms with E-state index in [1.807, 2.05) is 36.7 Å². The molecule has 0 amide bonds. The molecule has 27 heavy (non-hydrogen) atoms. The molecular formula is C19H19ClN3OS3+. The Hall–Kier alpha value is -1.54. The van der Waals surface area contributed by atoms with Crippen LogP contribution in [0.25, 0.3) is 11.1 Å². The van der Waals surface area contributed by atoms with Gasteiger partial charge in [-0.05, 0) is 32.0 Å². The fraction of sp³-hybridized carbons (Fsp3) is 0.263. The van der Waals surface area contributed by atoms with Crippen molar-refractivity contribution in [3.63, 3.8) is 0 Å². The van der Waals surface area contributed by atoms with Gasteiger partial charge in [0.05, 0.1) is 17.1 Å². The molecule has 0 unspecified atom stereocenters. The Morgan fingerprint density at radius 1 is 1.30 bits per heavy atom. The second kappa shape index (κ2) is 7.47. The Balaban J connectivity index is 1.93. The summed E-state index contributed by atoms with van der Waals surface area (Å²) in [6.45, 7) is 5.70. The summed E-state index contributed by atoms with van der Waals surface area (Å²) < 4.78 is 5.81. The third kappa shape index (κ3) is 3.27. The first-order valence-corrected chi connectivity index (χ1v) is 11.6. The quantitative estimate of drug-likeness (QED) is 0.591. The van der Waals surface area contributed by atoms with Crippen molar-refractivity contribution in [2.24, 2.45) is 0 Å². The van der Waals surface area contributed by atoms with E-state index in [9.17, 15) is 4.79 Å². The molecule has 4 nitrogen and oxygen atoms in total. The van der Waals surface area contributed by atoms with Crippen LogP contribution in [-0.4, -0.2) is 11.6 Å². The molecule has 3 aromatic rings. The zero-order chi connectivity index (χ0) is 19.1. The fourth-order valence-electron chi connectivity index (χ4n) is 3.09. The number of thioether (sulfide) groups is 1. The average Bonchev–Trinajstić information content (AvgIpc) is 3.32. The molecule has 0 N–H and O–H groups in total. The molecule has 1 aromatic carbocycles. The highest BCUT2D eigenvalue weighted by Gasteiger charge is 2.25. The molecule has 1 aliphatic rings. The Bertz CT molecular complexity index is 1190. The summed E-state index contributed by atoms with van der Waals surface area (Å²) in [4.78, 5) is 16.3. The van der Waals surface area contributed by atoms with Crippen molar-refractivity contribution in [3.05, 3.63) is 59.4 Å². The maximum absolute atomic E-state index is 13.1. The van der Waals surface area contributed by atoms with Crippen LogP contribution in [0.2, 0.25) is 5.02 Å². The number of benzene rings is 1. The smallest absolute Gasteiger partial charge is 0.271 e. The molecule has 0 saturated carbocycles. The Morgan fingerprint density at radius 2 is 2.11 bits per heavy atom. The van der Waals surface area contributed by atoms with Gasteiger partial charge in [-0.3, -0.25) is 9.36 Å². The van der Waals surface area contributed by atoms with E-state index >= 15 is 0 Å². The molecule has 8 heteroatoms. The number of aromatic nitrogens is 2. The van der Waals surface area contributed by atoms with Gasteiger partial charge >= 0.3 is 0 Å². The molecule has 0 bridgehead atoms. The van der Waals surface area contributed by atoms with Crippen molar-refractivity contribution in [2.45, 2.75) is 31.8 Å². The summed E-state index contributed by atoms with van der Waals surface area (Å²) in [5.41, 5.74) is 1.12. The van der Waals surface area contributed by atoms with Crippen LogP contribution in [0.1, 0.15) is 18.9 Å². The molecule has 3 heterocycles. The van der Waals surface area contributed by atoms with Gasteiger partial charge in [0, 0.05) is 23.5 Å². The summed E-state index contributed by atoms with van der Waals surface area (Å²) >= 11 is 11.0. The molecule has 1 aliphatic heterocycles. The van der Waals surface area contributed by atoms with Gasteiger partial charge in [-0.25, -0.2) is 0 Å². The zero-order valence-electron chi connectivity index (χ0n) is 15.2. The van der Waals surface area contributed by atoms with Crippen molar-refractivity contribution < 1.29 is 4.57 Å². The van der Waals surface area contributed by atoms with Crippen LogP contribution in [0.4, 0.5) is 5.69 Å². The number of halogens is 1. The first kappa shape index (κ1) is 18.8. The fourth-order valence-corrected chi connectivity index (χ4v) is 6.61. The molecular weight excluding hydrogens is 418 g/mol. The minimum Gasteiger partial charge on any atom is -0.337 e. The van der Waals surface area contributed by atoms with Crippen molar-refractivity contribution in [2.75, 3.05) is 11.9 Å². The first-order valence-electron chi connectivity index (χ1n) is 8.67. The highest BCUT2D eigenvalue weighted by Crippen LogP contribution is 2.46. The van der Waals surface area contributed by atoms with Crippen LogP contribution < -0.4 is 24.2 Å². The monoisotopic (exact) mass is 436 g/mol. The number of hydrogen-bond donors (Lipinski definition) is 0. The van der Waals surface area contributed by atoms with E-state index in [0.717, 1.165) is 36.4 Å². The Labute approximate surface area is 174 Å². The van der Waals surface area contributed by atoms with Crippen LogP contribution in [0, 0.1) is 0 Å². The molecule has 0 saturated heterocycles. The third-order valence-electron chi connectivity index (χ3n) is 4.52. The molecule has 0 radical (unpaired) electrons. The highest BCUT2D eigenvalue weighted by molar-refractivity contribution is 8.08. The van der Waals surface area contributed by atoms with E-state index in [1.54, 1.807) is 34.4 Å². The minimum absolute atomic E-state index is 0.0709. The van der Waals surface area contributed by atoms with E-state index < -0.39 is 0 Å². The van der Waals surface area contributed by atoms with Crippen LogP contribution in [-0.2, 0) is 13.1 Å². The lowest BCUT2D eigenvalue weighted by Gasteiger charge is -2.12. The lowest BCUT2D eigenvalue weighted by atomic mass is 10.3. The molecule has 4 rings (SSSR count). The number of nitrogens with zero attached hydrogens (tertiary/aromatic N) is 3. The number of hydrogen-bond acceptors (Lipinski definition) is 5. The second-order valence-corrected chi connectivity index (χ2v) is 9.49. The number of rotatable bonds is 3. The summed E-state index contributed by atoms with van der Waals surface area (Å²) in [7, 11) is 1.99. The van der Waals surface area contributed by atoms with Crippen LogP contribution in [0.15, 0.2) is 39.5 Å². The summed E-state index contributed by atoms with van der Waals surface area (Å²) in [5, 5.41) is 4.91. The molecule has 2 aromatic heterocycles. The number of thiazole rings is 2. The molecule has 0 aliphatic carbocycles. The standard InChI is InChI=1S/C19H19ClN3OS3/c1-4-22-8-9-25-15(22)11-16-23(5-2)18(24)17(27-16)19-21(3)13-10-12(20)6-7-14(13)26-19/h6-11H,4-5H2,1-3H3/q+1/b19-17+. The van der Waals surface area contributed by atoms with Gasteiger partial charge in [-0.15, -0.1) is 11.3 Å². The summed E-state index contributed by atoms with van der Waals surface area (Å²) in [5.74, 6) is 0. The van der Waals surface area contributed by atoms with Crippen LogP contribution >= 0.6 is 46.0 Å². The lowest BCUT2D eigenvalue weighted by Crippen LogP contribution is -2.35. The van der Waals surface area contributed by atoms with E-state index in [4.69, 9.17) is 11.6 Å². The zero-order valence-corrected chi connectivity index (χ0v) is 18.4. The SMILES string of the molecule is CCn1c(=O)/c(=C2\Sc3ccc(Cl)cc3N2C)s/c1=C\c1scc[n+]1CC. The summed E-state index contributed by atoms with van der Waals surface area (Å²) in [6.07, 6.45) is 4.20. The van der Waals surface area contributed by atoms with Crippen LogP contribution in [0.3, 0.4) is 0 Å². The Morgan fingerprint density at radius 3 is 2.85 bits per heavy atom. The van der Waals surface area contributed by atoms with Crippen molar-refractivity contribution in [3.8, 4) is 0 Å². The van der Waals surface area contributed by atoms with Crippen molar-refractivity contribution in [1.82, 2.24) is 4.57 Å². The second-order valence-electron chi connectivity index (χ2n) is 6.07.